The van der Waals surface area contributed by atoms with Gasteiger partial charge < -0.3 is 11.1 Å². The van der Waals surface area contributed by atoms with Crippen LogP contribution in [0, 0.1) is 12.8 Å². The van der Waals surface area contributed by atoms with Gasteiger partial charge in [-0.2, -0.15) is 0 Å². The molecular formula is C17H23ClN2. The van der Waals surface area contributed by atoms with Gasteiger partial charge in [-0.1, -0.05) is 36.4 Å². The summed E-state index contributed by atoms with van der Waals surface area (Å²) in [4.78, 5) is 0. The van der Waals surface area contributed by atoms with E-state index in [-0.39, 0.29) is 18.4 Å². The number of aryl methyl sites for hydroxylation is 1. The second kappa shape index (κ2) is 6.57. The van der Waals surface area contributed by atoms with Gasteiger partial charge in [0.1, 0.15) is 0 Å². The average Bonchev–Trinajstić information content (AvgIpc) is 2.48. The Morgan fingerprint density at radius 1 is 1.05 bits per heavy atom. The molecule has 0 saturated carbocycles. The van der Waals surface area contributed by atoms with Crippen LogP contribution in [-0.4, -0.2) is 13.1 Å². The van der Waals surface area contributed by atoms with Gasteiger partial charge in [-0.25, -0.2) is 0 Å². The molecule has 3 N–H and O–H groups in total. The number of rotatable bonds is 2. The predicted octanol–water partition coefficient (Wildman–Crippen LogP) is 3.57. The summed E-state index contributed by atoms with van der Waals surface area (Å²) in [6.45, 7) is 4.37. The molecule has 3 heteroatoms. The minimum absolute atomic E-state index is 0. The van der Waals surface area contributed by atoms with E-state index >= 15 is 0 Å². The zero-order valence-corrected chi connectivity index (χ0v) is 12.7. The molecule has 1 fully saturated rings. The van der Waals surface area contributed by atoms with Crippen LogP contribution in [-0.2, 0) is 0 Å². The summed E-state index contributed by atoms with van der Waals surface area (Å²) in [5.74, 6) is 0.604. The molecule has 2 aromatic rings. The summed E-state index contributed by atoms with van der Waals surface area (Å²) >= 11 is 0. The second-order valence-corrected chi connectivity index (χ2v) is 5.63. The maximum Gasteiger partial charge on any atom is 0.0330 e. The third-order valence-electron chi connectivity index (χ3n) is 4.43. The number of nitrogens with one attached hydrogen (secondary N) is 1. The Kier molecular flexibility index (Phi) is 5.03. The van der Waals surface area contributed by atoms with E-state index in [1.807, 2.05) is 0 Å². The molecule has 0 aliphatic carbocycles. The van der Waals surface area contributed by atoms with E-state index in [1.54, 1.807) is 0 Å². The van der Waals surface area contributed by atoms with Crippen LogP contribution in [0.15, 0.2) is 36.4 Å². The van der Waals surface area contributed by atoms with E-state index in [9.17, 15) is 0 Å². The fraction of sp³-hybridized carbons (Fsp3) is 0.412. The molecule has 0 amide bonds. The standard InChI is InChI=1S/C17H22N2.ClH/c1-12-6-7-16(15-5-3-2-4-14(12)15)17(18)13-8-10-19-11-9-13;/h2-7,13,17,19H,8-11,18H2,1H3;1H/t17-;/m1./s1. The smallest absolute Gasteiger partial charge is 0.0330 e. The van der Waals surface area contributed by atoms with Crippen molar-refractivity contribution in [3.8, 4) is 0 Å². The summed E-state index contributed by atoms with van der Waals surface area (Å²) in [5, 5.41) is 6.08. The van der Waals surface area contributed by atoms with Crippen molar-refractivity contribution < 1.29 is 0 Å². The predicted molar refractivity (Wildman–Crippen MR) is 88.5 cm³/mol. The van der Waals surface area contributed by atoms with Gasteiger partial charge in [0.25, 0.3) is 0 Å². The lowest BCUT2D eigenvalue weighted by Gasteiger charge is -2.29. The Labute approximate surface area is 127 Å². The van der Waals surface area contributed by atoms with Crippen molar-refractivity contribution in [2.24, 2.45) is 11.7 Å². The molecule has 108 valence electrons. The fourth-order valence-corrected chi connectivity index (χ4v) is 3.22. The topological polar surface area (TPSA) is 38.0 Å². The highest BCUT2D eigenvalue weighted by Crippen LogP contribution is 2.32. The van der Waals surface area contributed by atoms with Gasteiger partial charge in [0.05, 0.1) is 0 Å². The van der Waals surface area contributed by atoms with Gasteiger partial charge >= 0.3 is 0 Å². The van der Waals surface area contributed by atoms with Crippen molar-refractivity contribution in [2.45, 2.75) is 25.8 Å². The van der Waals surface area contributed by atoms with Crippen LogP contribution in [0.1, 0.15) is 30.0 Å². The highest BCUT2D eigenvalue weighted by Gasteiger charge is 2.23. The molecule has 0 aromatic heterocycles. The Morgan fingerprint density at radius 2 is 1.70 bits per heavy atom. The molecule has 0 unspecified atom stereocenters. The van der Waals surface area contributed by atoms with Crippen LogP contribution in [0.4, 0.5) is 0 Å². The highest BCUT2D eigenvalue weighted by atomic mass is 35.5. The number of piperidine rings is 1. The number of benzene rings is 2. The lowest BCUT2D eigenvalue weighted by atomic mass is 9.84. The molecule has 1 saturated heterocycles. The van der Waals surface area contributed by atoms with Crippen molar-refractivity contribution in [3.05, 3.63) is 47.5 Å². The maximum atomic E-state index is 6.56. The van der Waals surface area contributed by atoms with Crippen LogP contribution in [0.5, 0.6) is 0 Å². The minimum Gasteiger partial charge on any atom is -0.324 e. The molecule has 0 spiro atoms. The van der Waals surface area contributed by atoms with Gasteiger partial charge in [-0.15, -0.1) is 12.4 Å². The molecule has 2 nitrogen and oxygen atoms in total. The van der Waals surface area contributed by atoms with E-state index in [4.69, 9.17) is 5.73 Å². The van der Waals surface area contributed by atoms with Crippen molar-refractivity contribution in [1.29, 1.82) is 0 Å². The Balaban J connectivity index is 0.00000147. The Morgan fingerprint density at radius 3 is 2.40 bits per heavy atom. The van der Waals surface area contributed by atoms with Crippen LogP contribution < -0.4 is 11.1 Å². The third-order valence-corrected chi connectivity index (χ3v) is 4.43. The summed E-state index contributed by atoms with van der Waals surface area (Å²) in [5.41, 5.74) is 9.20. The number of hydrogen-bond donors (Lipinski definition) is 2. The number of fused-ring (bicyclic) bond motifs is 1. The van der Waals surface area contributed by atoms with Crippen LogP contribution in [0.3, 0.4) is 0 Å². The Hall–Kier alpha value is -1.09. The highest BCUT2D eigenvalue weighted by molar-refractivity contribution is 5.88. The molecule has 1 aliphatic rings. The summed E-state index contributed by atoms with van der Waals surface area (Å²) in [7, 11) is 0. The first-order valence-electron chi connectivity index (χ1n) is 7.22. The van der Waals surface area contributed by atoms with Gasteiger partial charge in [0.15, 0.2) is 0 Å². The van der Waals surface area contributed by atoms with E-state index < -0.39 is 0 Å². The number of hydrogen-bond acceptors (Lipinski definition) is 2. The fourth-order valence-electron chi connectivity index (χ4n) is 3.22. The van der Waals surface area contributed by atoms with E-state index in [0.29, 0.717) is 5.92 Å². The first-order chi connectivity index (χ1) is 9.27. The summed E-state index contributed by atoms with van der Waals surface area (Å²) < 4.78 is 0. The molecule has 20 heavy (non-hydrogen) atoms. The molecule has 0 radical (unpaired) electrons. The third kappa shape index (κ3) is 2.83. The van der Waals surface area contributed by atoms with Crippen LogP contribution in [0.2, 0.25) is 0 Å². The van der Waals surface area contributed by atoms with Gasteiger partial charge in [-0.3, -0.25) is 0 Å². The Bertz CT molecular complexity index is 576. The van der Waals surface area contributed by atoms with Crippen LogP contribution in [0.25, 0.3) is 10.8 Å². The number of halogens is 1. The van der Waals surface area contributed by atoms with Crippen molar-refractivity contribution in [3.63, 3.8) is 0 Å². The number of nitrogens with two attached hydrogens (primary N) is 1. The minimum atomic E-state index is 0. The zero-order valence-electron chi connectivity index (χ0n) is 11.9. The lowest BCUT2D eigenvalue weighted by molar-refractivity contribution is 0.323. The van der Waals surface area contributed by atoms with Gasteiger partial charge in [0, 0.05) is 6.04 Å². The van der Waals surface area contributed by atoms with Crippen molar-refractivity contribution in [1.82, 2.24) is 5.32 Å². The van der Waals surface area contributed by atoms with Gasteiger partial charge in [-0.05, 0) is 60.7 Å². The monoisotopic (exact) mass is 290 g/mol. The maximum absolute atomic E-state index is 6.56. The molecule has 2 aromatic carbocycles. The molecule has 1 atom stereocenters. The van der Waals surface area contributed by atoms with E-state index in [0.717, 1.165) is 13.1 Å². The normalized spacial score (nSPS) is 17.7. The molecular weight excluding hydrogens is 268 g/mol. The SMILES string of the molecule is Cc1ccc([C@H](N)C2CCNCC2)c2ccccc12.Cl. The summed E-state index contributed by atoms with van der Waals surface area (Å²) in [6, 6.07) is 13.2. The lowest BCUT2D eigenvalue weighted by Crippen LogP contribution is -2.33. The zero-order chi connectivity index (χ0) is 13.2. The molecule has 3 rings (SSSR count). The first kappa shape index (κ1) is 15.3. The van der Waals surface area contributed by atoms with E-state index in [1.165, 1.54) is 34.7 Å². The van der Waals surface area contributed by atoms with Crippen molar-refractivity contribution in [2.75, 3.05) is 13.1 Å². The average molecular weight is 291 g/mol. The first-order valence-corrected chi connectivity index (χ1v) is 7.22. The quantitative estimate of drug-likeness (QED) is 0.887. The van der Waals surface area contributed by atoms with E-state index in [2.05, 4.69) is 48.6 Å². The van der Waals surface area contributed by atoms with Crippen LogP contribution >= 0.6 is 12.4 Å². The molecule has 0 bridgehead atoms. The second-order valence-electron chi connectivity index (χ2n) is 5.63. The largest absolute Gasteiger partial charge is 0.324 e. The van der Waals surface area contributed by atoms with Crippen molar-refractivity contribution >= 4 is 23.2 Å². The molecule has 1 heterocycles. The molecule has 1 aliphatic heterocycles. The summed E-state index contributed by atoms with van der Waals surface area (Å²) in [6.07, 6.45) is 2.37. The van der Waals surface area contributed by atoms with Gasteiger partial charge in [0.2, 0.25) is 0 Å².